The highest BCUT2D eigenvalue weighted by molar-refractivity contribution is 7.10. The van der Waals surface area contributed by atoms with Crippen LogP contribution in [0.1, 0.15) is 34.7 Å². The third-order valence-corrected chi connectivity index (χ3v) is 6.58. The molecule has 0 amide bonds. The van der Waals surface area contributed by atoms with Crippen LogP contribution in [-0.2, 0) is 19.5 Å². The number of likely N-dealkylation sites (tertiary alicyclic amines) is 1. The SMILES string of the molecule is c1ccc(CN2CCC(=C3c4ccsc4CCn4ccnc43)CC2)cc1. The van der Waals surface area contributed by atoms with Crippen LogP contribution in [0.2, 0.25) is 0 Å². The van der Waals surface area contributed by atoms with Crippen molar-refractivity contribution in [3.63, 3.8) is 0 Å². The van der Waals surface area contributed by atoms with E-state index in [4.69, 9.17) is 4.98 Å². The lowest BCUT2D eigenvalue weighted by molar-refractivity contribution is 0.248. The lowest BCUT2D eigenvalue weighted by atomic mass is 9.92. The summed E-state index contributed by atoms with van der Waals surface area (Å²) in [5.41, 5.74) is 5.85. The van der Waals surface area contributed by atoms with Gasteiger partial charge >= 0.3 is 0 Å². The average Bonchev–Trinajstić information content (AvgIpc) is 3.30. The number of piperidine rings is 1. The van der Waals surface area contributed by atoms with E-state index in [-0.39, 0.29) is 0 Å². The van der Waals surface area contributed by atoms with Gasteiger partial charge < -0.3 is 4.57 Å². The standard InChI is InChI=1S/C22H23N3S/c1-2-4-17(5-3-1)16-24-11-6-18(7-12-24)21-19-9-15-26-20(19)8-13-25-14-10-23-22(21)25/h1-5,9-10,14-15H,6-8,11-13,16H2. The van der Waals surface area contributed by atoms with Gasteiger partial charge in [0.1, 0.15) is 5.82 Å². The Hall–Kier alpha value is -2.17. The maximum absolute atomic E-state index is 4.73. The van der Waals surface area contributed by atoms with E-state index in [1.54, 1.807) is 5.57 Å². The van der Waals surface area contributed by atoms with Gasteiger partial charge in [-0.15, -0.1) is 11.3 Å². The first-order chi connectivity index (χ1) is 12.9. The first-order valence-corrected chi connectivity index (χ1v) is 10.3. The summed E-state index contributed by atoms with van der Waals surface area (Å²) < 4.78 is 2.34. The molecule has 4 heteroatoms. The van der Waals surface area contributed by atoms with Gasteiger partial charge in [-0.3, -0.25) is 4.90 Å². The van der Waals surface area contributed by atoms with Crippen LogP contribution in [-0.4, -0.2) is 27.5 Å². The Morgan fingerprint density at radius 1 is 0.962 bits per heavy atom. The lowest BCUT2D eigenvalue weighted by Crippen LogP contribution is -2.30. The zero-order valence-corrected chi connectivity index (χ0v) is 15.7. The Labute approximate surface area is 158 Å². The monoisotopic (exact) mass is 361 g/mol. The van der Waals surface area contributed by atoms with Crippen molar-refractivity contribution in [2.45, 2.75) is 32.4 Å². The number of aryl methyl sites for hydroxylation is 2. The zero-order chi connectivity index (χ0) is 17.3. The van der Waals surface area contributed by atoms with Crippen molar-refractivity contribution in [2.75, 3.05) is 13.1 Å². The molecule has 1 aromatic carbocycles. The fourth-order valence-electron chi connectivity index (χ4n) is 4.24. The third kappa shape index (κ3) is 2.93. The summed E-state index contributed by atoms with van der Waals surface area (Å²) >= 11 is 1.90. The lowest BCUT2D eigenvalue weighted by Gasteiger charge is -2.30. The van der Waals surface area contributed by atoms with Crippen LogP contribution in [0.5, 0.6) is 0 Å². The Morgan fingerprint density at radius 2 is 1.81 bits per heavy atom. The second-order valence-corrected chi connectivity index (χ2v) is 8.19. The van der Waals surface area contributed by atoms with Gasteiger partial charge in [0.05, 0.1) is 0 Å². The molecule has 0 radical (unpaired) electrons. The van der Waals surface area contributed by atoms with Crippen LogP contribution in [0.25, 0.3) is 5.57 Å². The summed E-state index contributed by atoms with van der Waals surface area (Å²) in [7, 11) is 0. The summed E-state index contributed by atoms with van der Waals surface area (Å²) in [6, 6.07) is 13.1. The van der Waals surface area contributed by atoms with Gasteiger partial charge in [0, 0.05) is 55.4 Å². The Balaban J connectivity index is 1.43. The smallest absolute Gasteiger partial charge is 0.140 e. The summed E-state index contributed by atoms with van der Waals surface area (Å²) in [4.78, 5) is 8.83. The average molecular weight is 362 g/mol. The topological polar surface area (TPSA) is 21.1 Å². The molecule has 132 valence electrons. The molecule has 0 spiro atoms. The number of benzene rings is 1. The van der Waals surface area contributed by atoms with E-state index in [1.807, 2.05) is 17.5 Å². The number of nitrogens with zero attached hydrogens (tertiary/aromatic N) is 3. The molecular formula is C22H23N3S. The quantitative estimate of drug-likeness (QED) is 0.665. The second kappa shape index (κ2) is 6.86. The number of thiophene rings is 1. The van der Waals surface area contributed by atoms with Crippen LogP contribution in [0.4, 0.5) is 0 Å². The van der Waals surface area contributed by atoms with E-state index < -0.39 is 0 Å². The van der Waals surface area contributed by atoms with Gasteiger partial charge in [0.25, 0.3) is 0 Å². The van der Waals surface area contributed by atoms with Gasteiger partial charge in [-0.25, -0.2) is 4.98 Å². The molecule has 2 aliphatic rings. The molecule has 0 bridgehead atoms. The number of hydrogen-bond acceptors (Lipinski definition) is 3. The molecule has 3 aromatic rings. The molecule has 5 rings (SSSR count). The molecule has 0 saturated carbocycles. The summed E-state index contributed by atoms with van der Waals surface area (Å²) in [6.45, 7) is 4.36. The molecule has 4 heterocycles. The molecule has 2 aromatic heterocycles. The van der Waals surface area contributed by atoms with Gasteiger partial charge in [0.2, 0.25) is 0 Å². The van der Waals surface area contributed by atoms with Crippen molar-refractivity contribution in [1.82, 2.24) is 14.5 Å². The first-order valence-electron chi connectivity index (χ1n) is 9.45. The molecule has 0 unspecified atom stereocenters. The largest absolute Gasteiger partial charge is 0.331 e. The number of aromatic nitrogens is 2. The predicted octanol–water partition coefficient (Wildman–Crippen LogP) is 4.60. The number of fused-ring (bicyclic) bond motifs is 2. The summed E-state index contributed by atoms with van der Waals surface area (Å²) in [5, 5.41) is 2.24. The minimum atomic E-state index is 1.04. The Morgan fingerprint density at radius 3 is 2.65 bits per heavy atom. The van der Waals surface area contributed by atoms with E-state index in [0.29, 0.717) is 0 Å². The minimum Gasteiger partial charge on any atom is -0.331 e. The van der Waals surface area contributed by atoms with Gasteiger partial charge in [0.15, 0.2) is 0 Å². The van der Waals surface area contributed by atoms with Crippen molar-refractivity contribution < 1.29 is 0 Å². The molecule has 1 fully saturated rings. The first kappa shape index (κ1) is 16.0. The van der Waals surface area contributed by atoms with E-state index in [2.05, 4.69) is 57.4 Å². The fourth-order valence-corrected chi connectivity index (χ4v) is 5.11. The van der Waals surface area contributed by atoms with E-state index in [1.165, 1.54) is 27.4 Å². The van der Waals surface area contributed by atoms with Crippen molar-refractivity contribution >= 4 is 16.9 Å². The number of rotatable bonds is 2. The zero-order valence-electron chi connectivity index (χ0n) is 14.9. The maximum Gasteiger partial charge on any atom is 0.140 e. The molecular weight excluding hydrogens is 338 g/mol. The van der Waals surface area contributed by atoms with Crippen molar-refractivity contribution in [3.05, 3.63) is 81.6 Å². The van der Waals surface area contributed by atoms with Crippen LogP contribution < -0.4 is 0 Å². The molecule has 0 atom stereocenters. The van der Waals surface area contributed by atoms with Crippen molar-refractivity contribution in [1.29, 1.82) is 0 Å². The van der Waals surface area contributed by atoms with E-state index in [0.717, 1.165) is 45.4 Å². The molecule has 26 heavy (non-hydrogen) atoms. The van der Waals surface area contributed by atoms with Crippen molar-refractivity contribution in [2.24, 2.45) is 0 Å². The summed E-state index contributed by atoms with van der Waals surface area (Å²) in [6.07, 6.45) is 7.50. The van der Waals surface area contributed by atoms with Crippen LogP contribution in [0.15, 0.2) is 59.7 Å². The molecule has 3 nitrogen and oxygen atoms in total. The van der Waals surface area contributed by atoms with Gasteiger partial charge in [-0.2, -0.15) is 0 Å². The molecule has 1 saturated heterocycles. The number of imidazole rings is 1. The number of hydrogen-bond donors (Lipinski definition) is 0. The van der Waals surface area contributed by atoms with Crippen LogP contribution in [0.3, 0.4) is 0 Å². The second-order valence-electron chi connectivity index (χ2n) is 7.19. The van der Waals surface area contributed by atoms with Crippen molar-refractivity contribution in [3.8, 4) is 0 Å². The Bertz CT molecular complexity index is 881. The highest BCUT2D eigenvalue weighted by Crippen LogP contribution is 2.37. The Kier molecular flexibility index (Phi) is 4.23. The minimum absolute atomic E-state index is 1.04. The molecule has 0 N–H and O–H groups in total. The highest BCUT2D eigenvalue weighted by atomic mass is 32.1. The summed E-state index contributed by atoms with van der Waals surface area (Å²) in [5.74, 6) is 1.17. The highest BCUT2D eigenvalue weighted by Gasteiger charge is 2.25. The van der Waals surface area contributed by atoms with Crippen LogP contribution in [0, 0.1) is 0 Å². The maximum atomic E-state index is 4.73. The molecule has 2 aliphatic heterocycles. The third-order valence-electron chi connectivity index (χ3n) is 5.60. The normalized spacial score (nSPS) is 17.7. The predicted molar refractivity (Wildman–Crippen MR) is 107 cm³/mol. The van der Waals surface area contributed by atoms with E-state index in [9.17, 15) is 0 Å². The van der Waals surface area contributed by atoms with Crippen LogP contribution >= 0.6 is 11.3 Å². The molecule has 0 aliphatic carbocycles. The van der Waals surface area contributed by atoms with Gasteiger partial charge in [-0.1, -0.05) is 35.9 Å². The fraction of sp³-hybridized carbons (Fsp3) is 0.318. The van der Waals surface area contributed by atoms with E-state index >= 15 is 0 Å². The van der Waals surface area contributed by atoms with Gasteiger partial charge in [-0.05, 0) is 35.4 Å².